The molecular formula is C15H23N3O2S2. The summed E-state index contributed by atoms with van der Waals surface area (Å²) in [6.07, 6.45) is 2.34. The molecule has 3 rings (SSSR count). The Labute approximate surface area is 139 Å². The van der Waals surface area contributed by atoms with E-state index in [4.69, 9.17) is 4.74 Å². The highest BCUT2D eigenvalue weighted by Crippen LogP contribution is 2.37. The van der Waals surface area contributed by atoms with Gasteiger partial charge in [0.1, 0.15) is 11.1 Å². The Balaban J connectivity index is 1.53. The summed E-state index contributed by atoms with van der Waals surface area (Å²) in [6, 6.07) is 0.0234. The number of thiazole rings is 1. The summed E-state index contributed by atoms with van der Waals surface area (Å²) < 4.78 is 5.98. The Bertz CT molecular complexity index is 529. The summed E-state index contributed by atoms with van der Waals surface area (Å²) in [6.45, 7) is 6.77. The van der Waals surface area contributed by atoms with Crippen LogP contribution in [0.15, 0.2) is 5.38 Å². The average molecular weight is 342 g/mol. The van der Waals surface area contributed by atoms with Crippen molar-refractivity contribution in [3.05, 3.63) is 16.1 Å². The molecule has 122 valence electrons. The minimum atomic E-state index is -0.0883. The van der Waals surface area contributed by atoms with Gasteiger partial charge in [0.25, 0.3) is 0 Å². The summed E-state index contributed by atoms with van der Waals surface area (Å²) in [5.74, 6) is 1.20. The first-order valence-electron chi connectivity index (χ1n) is 7.76. The van der Waals surface area contributed by atoms with Crippen LogP contribution in [0.1, 0.15) is 36.6 Å². The van der Waals surface area contributed by atoms with Gasteiger partial charge in [-0.25, -0.2) is 9.78 Å². The highest BCUT2D eigenvalue weighted by Gasteiger charge is 2.32. The molecule has 0 spiro atoms. The van der Waals surface area contributed by atoms with Crippen molar-refractivity contribution in [1.29, 1.82) is 0 Å². The largest absolute Gasteiger partial charge is 0.367 e. The Kier molecular flexibility index (Phi) is 4.94. The first-order valence-corrected chi connectivity index (χ1v) is 9.63. The van der Waals surface area contributed by atoms with Crippen molar-refractivity contribution >= 4 is 29.1 Å². The standard InChI is InChI=1S/C15H23N3O2S2/c1-11-9-21-13(17-11)12-8-18(5-6-20-12)14(19)16-10-15(2)4-3-7-22-15/h9,12H,3-8,10H2,1-2H3,(H,16,19)/t12-,15-/m0/s1. The first kappa shape index (κ1) is 16.1. The van der Waals surface area contributed by atoms with Crippen molar-refractivity contribution in [3.8, 4) is 0 Å². The Hall–Kier alpha value is -0.790. The normalized spacial score (nSPS) is 28.8. The number of urea groups is 1. The molecule has 0 aromatic carbocycles. The predicted octanol–water partition coefficient (Wildman–Crippen LogP) is 2.82. The maximum absolute atomic E-state index is 12.4. The van der Waals surface area contributed by atoms with Gasteiger partial charge in [-0.3, -0.25) is 0 Å². The molecule has 1 aromatic heterocycles. The molecule has 2 fully saturated rings. The van der Waals surface area contributed by atoms with Crippen molar-refractivity contribution < 1.29 is 9.53 Å². The number of hydrogen-bond acceptors (Lipinski definition) is 5. The summed E-state index contributed by atoms with van der Waals surface area (Å²) in [4.78, 5) is 18.7. The molecule has 1 N–H and O–H groups in total. The fraction of sp³-hybridized carbons (Fsp3) is 0.733. The Morgan fingerprint density at radius 1 is 1.64 bits per heavy atom. The van der Waals surface area contributed by atoms with Crippen LogP contribution >= 0.6 is 23.1 Å². The van der Waals surface area contributed by atoms with Crippen LogP contribution in [-0.4, -0.2) is 52.7 Å². The van der Waals surface area contributed by atoms with Crippen LogP contribution in [0.4, 0.5) is 4.79 Å². The van der Waals surface area contributed by atoms with Crippen molar-refractivity contribution in [2.45, 2.75) is 37.5 Å². The summed E-state index contributed by atoms with van der Waals surface area (Å²) in [5.41, 5.74) is 1.01. The van der Waals surface area contributed by atoms with Crippen LogP contribution in [0.5, 0.6) is 0 Å². The molecule has 2 amide bonds. The summed E-state index contributed by atoms with van der Waals surface area (Å²) in [7, 11) is 0. The fourth-order valence-corrected chi connectivity index (χ4v) is 4.93. The van der Waals surface area contributed by atoms with Gasteiger partial charge in [-0.05, 0) is 32.4 Å². The number of ether oxygens (including phenoxy) is 1. The van der Waals surface area contributed by atoms with Gasteiger partial charge >= 0.3 is 6.03 Å². The lowest BCUT2D eigenvalue weighted by atomic mass is 10.1. The molecule has 22 heavy (non-hydrogen) atoms. The van der Waals surface area contributed by atoms with Gasteiger partial charge < -0.3 is 15.0 Å². The number of morpholine rings is 1. The van der Waals surface area contributed by atoms with E-state index in [-0.39, 0.29) is 16.9 Å². The number of thioether (sulfide) groups is 1. The lowest BCUT2D eigenvalue weighted by Crippen LogP contribution is -2.49. The average Bonchev–Trinajstić information content (AvgIpc) is 3.14. The number of aromatic nitrogens is 1. The summed E-state index contributed by atoms with van der Waals surface area (Å²) in [5, 5.41) is 6.10. The number of carbonyl (C=O) groups excluding carboxylic acids is 1. The van der Waals surface area contributed by atoms with Gasteiger partial charge in [-0.1, -0.05) is 0 Å². The smallest absolute Gasteiger partial charge is 0.317 e. The molecule has 1 aromatic rings. The molecule has 0 bridgehead atoms. The van der Waals surface area contributed by atoms with Crippen molar-refractivity contribution in [2.75, 3.05) is 32.0 Å². The zero-order valence-electron chi connectivity index (χ0n) is 13.1. The summed E-state index contributed by atoms with van der Waals surface area (Å²) >= 11 is 3.57. The van der Waals surface area contributed by atoms with Crippen LogP contribution in [0, 0.1) is 6.92 Å². The maximum atomic E-state index is 12.4. The van der Waals surface area contributed by atoms with Crippen molar-refractivity contribution in [1.82, 2.24) is 15.2 Å². The molecule has 5 nitrogen and oxygen atoms in total. The minimum absolute atomic E-state index is 0.0234. The van der Waals surface area contributed by atoms with Gasteiger partial charge in [0.05, 0.1) is 13.2 Å². The minimum Gasteiger partial charge on any atom is -0.367 e. The highest BCUT2D eigenvalue weighted by molar-refractivity contribution is 8.00. The molecule has 0 aliphatic carbocycles. The maximum Gasteiger partial charge on any atom is 0.317 e. The molecule has 0 unspecified atom stereocenters. The number of carbonyl (C=O) groups is 1. The number of aryl methyl sites for hydroxylation is 1. The van der Waals surface area contributed by atoms with E-state index in [0.29, 0.717) is 19.7 Å². The zero-order chi connectivity index (χ0) is 15.6. The lowest BCUT2D eigenvalue weighted by molar-refractivity contribution is -0.0156. The van der Waals surface area contributed by atoms with Gasteiger partial charge in [0.2, 0.25) is 0 Å². The third kappa shape index (κ3) is 3.75. The number of rotatable bonds is 3. The van der Waals surface area contributed by atoms with E-state index in [1.54, 1.807) is 11.3 Å². The van der Waals surface area contributed by atoms with Crippen molar-refractivity contribution in [2.24, 2.45) is 0 Å². The van der Waals surface area contributed by atoms with Gasteiger partial charge in [-0.2, -0.15) is 11.8 Å². The fourth-order valence-electron chi connectivity index (χ4n) is 2.85. The van der Waals surface area contributed by atoms with Gasteiger partial charge in [0, 0.05) is 28.9 Å². The van der Waals surface area contributed by atoms with Gasteiger partial charge in [0.15, 0.2) is 0 Å². The zero-order valence-corrected chi connectivity index (χ0v) is 14.8. The number of hydrogen-bond donors (Lipinski definition) is 1. The van der Waals surface area contributed by atoms with Gasteiger partial charge in [-0.15, -0.1) is 11.3 Å². The molecule has 0 saturated carbocycles. The third-order valence-corrected chi connectivity index (χ3v) is 6.77. The van der Waals surface area contributed by atoms with E-state index >= 15 is 0 Å². The van der Waals surface area contributed by atoms with Crippen LogP contribution in [0.2, 0.25) is 0 Å². The Morgan fingerprint density at radius 2 is 2.50 bits per heavy atom. The first-order chi connectivity index (χ1) is 10.6. The van der Waals surface area contributed by atoms with Crippen molar-refractivity contribution in [3.63, 3.8) is 0 Å². The van der Waals surface area contributed by atoms with Crippen LogP contribution in [0.3, 0.4) is 0 Å². The molecule has 3 heterocycles. The predicted molar refractivity (Wildman–Crippen MR) is 90.6 cm³/mol. The second-order valence-corrected chi connectivity index (χ2v) is 8.77. The molecule has 2 saturated heterocycles. The molecule has 2 atom stereocenters. The monoisotopic (exact) mass is 341 g/mol. The second-order valence-electron chi connectivity index (χ2n) is 6.19. The topological polar surface area (TPSA) is 54.5 Å². The van der Waals surface area contributed by atoms with Crippen LogP contribution in [0.25, 0.3) is 0 Å². The molecular weight excluding hydrogens is 318 g/mol. The number of nitrogens with one attached hydrogen (secondary N) is 1. The Morgan fingerprint density at radius 3 is 3.18 bits per heavy atom. The van der Waals surface area contributed by atoms with E-state index in [1.165, 1.54) is 18.6 Å². The van der Waals surface area contributed by atoms with Crippen LogP contribution in [-0.2, 0) is 4.74 Å². The molecule has 2 aliphatic rings. The molecule has 0 radical (unpaired) electrons. The molecule has 2 aliphatic heterocycles. The SMILES string of the molecule is Cc1csc([C@@H]2CN(C(=O)NC[C@]3(C)CCCS3)CCO2)n1. The third-order valence-electron chi connectivity index (χ3n) is 4.18. The van der Waals surface area contributed by atoms with E-state index < -0.39 is 0 Å². The lowest BCUT2D eigenvalue weighted by Gasteiger charge is -2.33. The molecule has 7 heteroatoms. The van der Waals surface area contributed by atoms with E-state index in [9.17, 15) is 4.79 Å². The number of amides is 2. The van der Waals surface area contributed by atoms with E-state index in [0.717, 1.165) is 17.2 Å². The highest BCUT2D eigenvalue weighted by atomic mass is 32.2. The quantitative estimate of drug-likeness (QED) is 0.918. The van der Waals surface area contributed by atoms with Crippen LogP contribution < -0.4 is 5.32 Å². The van der Waals surface area contributed by atoms with E-state index in [2.05, 4.69) is 17.2 Å². The van der Waals surface area contributed by atoms with E-state index in [1.807, 2.05) is 29.0 Å². The number of nitrogens with zero attached hydrogens (tertiary/aromatic N) is 2. The second kappa shape index (κ2) is 6.76.